The quantitative estimate of drug-likeness (QED) is 0.748. The summed E-state index contributed by atoms with van der Waals surface area (Å²) in [6.07, 6.45) is 0. The summed E-state index contributed by atoms with van der Waals surface area (Å²) in [4.78, 5) is 0. The van der Waals surface area contributed by atoms with Crippen molar-refractivity contribution in [2.45, 2.75) is 19.5 Å². The molecule has 2 nitrogen and oxygen atoms in total. The third-order valence-electron chi connectivity index (χ3n) is 3.36. The van der Waals surface area contributed by atoms with Crippen LogP contribution >= 0.6 is 0 Å². The third kappa shape index (κ3) is 2.69. The molecule has 0 radical (unpaired) electrons. The molecule has 0 bridgehead atoms. The van der Waals surface area contributed by atoms with Crippen LogP contribution in [-0.4, -0.2) is 0 Å². The number of hydrogen-bond acceptors (Lipinski definition) is 2. The van der Waals surface area contributed by atoms with Gasteiger partial charge in [-0.15, -0.1) is 0 Å². The highest BCUT2D eigenvalue weighted by molar-refractivity contribution is 5.77. The highest BCUT2D eigenvalue weighted by Gasteiger charge is 2.06. The van der Waals surface area contributed by atoms with E-state index in [0.29, 0.717) is 6.04 Å². The summed E-state index contributed by atoms with van der Waals surface area (Å²) >= 11 is 0. The fraction of sp³-hybridized carbons (Fsp3) is 0.176. The monoisotopic (exact) mass is 251 g/mol. The molecule has 1 heterocycles. The standard InChI is InChI=1S/C17H17NO/c1-13(14-7-3-2-4-8-14)18-12-16-11-15-9-5-6-10-17(15)19-16/h2-11,13,18H,12H2,1H3/t13-/m0/s1. The Morgan fingerprint density at radius 3 is 2.53 bits per heavy atom. The average Bonchev–Trinajstić information content (AvgIpc) is 2.88. The van der Waals surface area contributed by atoms with Crippen LogP contribution in [0.1, 0.15) is 24.3 Å². The number of furan rings is 1. The summed E-state index contributed by atoms with van der Waals surface area (Å²) in [5.74, 6) is 0.976. The lowest BCUT2D eigenvalue weighted by atomic mass is 10.1. The zero-order chi connectivity index (χ0) is 13.1. The Labute approximate surface area is 113 Å². The van der Waals surface area contributed by atoms with Gasteiger partial charge < -0.3 is 9.73 Å². The number of benzene rings is 2. The fourth-order valence-electron chi connectivity index (χ4n) is 2.24. The van der Waals surface area contributed by atoms with Crippen LogP contribution in [-0.2, 0) is 6.54 Å². The van der Waals surface area contributed by atoms with Crippen molar-refractivity contribution in [2.24, 2.45) is 0 Å². The molecule has 0 fully saturated rings. The van der Waals surface area contributed by atoms with Crippen LogP contribution in [0.2, 0.25) is 0 Å². The van der Waals surface area contributed by atoms with E-state index >= 15 is 0 Å². The molecule has 19 heavy (non-hydrogen) atoms. The van der Waals surface area contributed by atoms with Crippen molar-refractivity contribution in [3.63, 3.8) is 0 Å². The number of fused-ring (bicyclic) bond motifs is 1. The van der Waals surface area contributed by atoms with E-state index in [4.69, 9.17) is 4.42 Å². The SMILES string of the molecule is C[C@H](NCc1cc2ccccc2o1)c1ccccc1. The van der Waals surface area contributed by atoms with Gasteiger partial charge in [0.15, 0.2) is 0 Å². The van der Waals surface area contributed by atoms with Gasteiger partial charge in [-0.05, 0) is 24.6 Å². The van der Waals surface area contributed by atoms with Gasteiger partial charge in [0.25, 0.3) is 0 Å². The van der Waals surface area contributed by atoms with Crippen molar-refractivity contribution in [2.75, 3.05) is 0 Å². The van der Waals surface area contributed by atoms with Crippen molar-refractivity contribution in [3.05, 3.63) is 72.0 Å². The summed E-state index contributed by atoms with van der Waals surface area (Å²) in [7, 11) is 0. The average molecular weight is 251 g/mol. The number of hydrogen-bond donors (Lipinski definition) is 1. The Hall–Kier alpha value is -2.06. The molecule has 2 aromatic carbocycles. The van der Waals surface area contributed by atoms with E-state index < -0.39 is 0 Å². The van der Waals surface area contributed by atoms with Crippen molar-refractivity contribution >= 4 is 11.0 Å². The normalized spacial score (nSPS) is 12.7. The van der Waals surface area contributed by atoms with Gasteiger partial charge in [0.05, 0.1) is 6.54 Å². The first-order valence-corrected chi connectivity index (χ1v) is 6.59. The lowest BCUT2D eigenvalue weighted by molar-refractivity contribution is 0.482. The highest BCUT2D eigenvalue weighted by Crippen LogP contribution is 2.19. The summed E-state index contributed by atoms with van der Waals surface area (Å²) in [5, 5.41) is 4.64. The Morgan fingerprint density at radius 2 is 1.74 bits per heavy atom. The summed E-state index contributed by atoms with van der Waals surface area (Å²) in [6.45, 7) is 2.91. The molecule has 2 heteroatoms. The molecule has 0 saturated carbocycles. The molecule has 96 valence electrons. The minimum Gasteiger partial charge on any atom is -0.460 e. The summed E-state index contributed by atoms with van der Waals surface area (Å²) in [6, 6.07) is 20.9. The van der Waals surface area contributed by atoms with Gasteiger partial charge in [-0.2, -0.15) is 0 Å². The van der Waals surface area contributed by atoms with E-state index in [1.54, 1.807) is 0 Å². The molecule has 1 aromatic heterocycles. The van der Waals surface area contributed by atoms with Crippen LogP contribution in [0.15, 0.2) is 65.1 Å². The molecule has 0 aliphatic rings. The maximum Gasteiger partial charge on any atom is 0.134 e. The number of para-hydroxylation sites is 1. The molecular weight excluding hydrogens is 234 g/mol. The second-order valence-electron chi connectivity index (χ2n) is 4.76. The van der Waals surface area contributed by atoms with E-state index in [1.165, 1.54) is 5.56 Å². The van der Waals surface area contributed by atoms with Crippen molar-refractivity contribution in [1.82, 2.24) is 5.32 Å². The Balaban J connectivity index is 1.69. The Morgan fingerprint density at radius 1 is 1.00 bits per heavy atom. The zero-order valence-electron chi connectivity index (χ0n) is 11.0. The largest absolute Gasteiger partial charge is 0.460 e. The second kappa shape index (κ2) is 5.29. The van der Waals surface area contributed by atoms with Gasteiger partial charge in [0.2, 0.25) is 0 Å². The summed E-state index contributed by atoms with van der Waals surface area (Å²) in [5.41, 5.74) is 2.24. The first-order chi connectivity index (χ1) is 9.33. The highest BCUT2D eigenvalue weighted by atomic mass is 16.3. The van der Waals surface area contributed by atoms with E-state index in [1.807, 2.05) is 24.3 Å². The number of rotatable bonds is 4. The minimum absolute atomic E-state index is 0.314. The molecule has 0 aliphatic heterocycles. The van der Waals surface area contributed by atoms with Crippen LogP contribution in [0.4, 0.5) is 0 Å². The molecule has 3 rings (SSSR count). The predicted octanol–water partition coefficient (Wildman–Crippen LogP) is 4.28. The topological polar surface area (TPSA) is 25.2 Å². The fourth-order valence-corrected chi connectivity index (χ4v) is 2.24. The maximum absolute atomic E-state index is 5.79. The van der Waals surface area contributed by atoms with Gasteiger partial charge >= 0.3 is 0 Å². The lowest BCUT2D eigenvalue weighted by Crippen LogP contribution is -2.17. The molecule has 1 N–H and O–H groups in total. The molecule has 0 spiro atoms. The van der Waals surface area contributed by atoms with Crippen molar-refractivity contribution in [1.29, 1.82) is 0 Å². The molecular formula is C17H17NO. The first-order valence-electron chi connectivity index (χ1n) is 6.59. The van der Waals surface area contributed by atoms with E-state index in [2.05, 4.69) is 48.6 Å². The Kier molecular flexibility index (Phi) is 3.34. The number of nitrogens with one attached hydrogen (secondary N) is 1. The van der Waals surface area contributed by atoms with Crippen LogP contribution < -0.4 is 5.32 Å². The van der Waals surface area contributed by atoms with Crippen molar-refractivity contribution < 1.29 is 4.42 Å². The maximum atomic E-state index is 5.79. The van der Waals surface area contributed by atoms with E-state index in [0.717, 1.165) is 23.3 Å². The van der Waals surface area contributed by atoms with Crippen LogP contribution in [0.3, 0.4) is 0 Å². The first kappa shape index (κ1) is 12.0. The smallest absolute Gasteiger partial charge is 0.134 e. The van der Waals surface area contributed by atoms with Gasteiger partial charge in [-0.3, -0.25) is 0 Å². The van der Waals surface area contributed by atoms with Crippen LogP contribution in [0, 0.1) is 0 Å². The zero-order valence-corrected chi connectivity index (χ0v) is 11.0. The van der Waals surface area contributed by atoms with E-state index in [-0.39, 0.29) is 0 Å². The molecule has 0 aliphatic carbocycles. The van der Waals surface area contributed by atoms with Gasteiger partial charge in [0.1, 0.15) is 11.3 Å². The predicted molar refractivity (Wildman–Crippen MR) is 77.9 cm³/mol. The lowest BCUT2D eigenvalue weighted by Gasteiger charge is -2.12. The van der Waals surface area contributed by atoms with Crippen molar-refractivity contribution in [3.8, 4) is 0 Å². The third-order valence-corrected chi connectivity index (χ3v) is 3.36. The van der Waals surface area contributed by atoms with E-state index in [9.17, 15) is 0 Å². The second-order valence-corrected chi connectivity index (χ2v) is 4.76. The molecule has 1 atom stereocenters. The summed E-state index contributed by atoms with van der Waals surface area (Å²) < 4.78 is 5.79. The molecule has 0 saturated heterocycles. The van der Waals surface area contributed by atoms with Gasteiger partial charge in [-0.1, -0.05) is 48.5 Å². The molecule has 0 amide bonds. The van der Waals surface area contributed by atoms with Crippen LogP contribution in [0.25, 0.3) is 11.0 Å². The minimum atomic E-state index is 0.314. The molecule has 0 unspecified atom stereocenters. The van der Waals surface area contributed by atoms with Gasteiger partial charge in [-0.25, -0.2) is 0 Å². The molecule has 3 aromatic rings. The van der Waals surface area contributed by atoms with Crippen LogP contribution in [0.5, 0.6) is 0 Å². The van der Waals surface area contributed by atoms with Gasteiger partial charge in [0, 0.05) is 11.4 Å². The Bertz CT molecular complexity index is 624.